The van der Waals surface area contributed by atoms with E-state index in [4.69, 9.17) is 0 Å². The molecule has 0 radical (unpaired) electrons. The lowest BCUT2D eigenvalue weighted by Gasteiger charge is -2.10. The highest BCUT2D eigenvalue weighted by Crippen LogP contribution is 2.20. The summed E-state index contributed by atoms with van der Waals surface area (Å²) in [5.74, 6) is 0.334. The maximum Gasteiger partial charge on any atom is 0.270 e. The maximum absolute atomic E-state index is 12.3. The fraction of sp³-hybridized carbons (Fsp3) is 0.158. The fourth-order valence-corrected chi connectivity index (χ4v) is 2.41. The molecule has 3 aromatic rings. The van der Waals surface area contributed by atoms with Crippen molar-refractivity contribution in [1.29, 1.82) is 0 Å². The molecular formula is C19H19N5O. The molecular weight excluding hydrogens is 314 g/mol. The van der Waals surface area contributed by atoms with Crippen LogP contribution in [0.15, 0.2) is 61.2 Å². The molecule has 126 valence electrons. The van der Waals surface area contributed by atoms with Gasteiger partial charge in [0.15, 0.2) is 0 Å². The highest BCUT2D eigenvalue weighted by molar-refractivity contribution is 5.92. The predicted molar refractivity (Wildman–Crippen MR) is 96.5 cm³/mol. The topological polar surface area (TPSA) is 79.8 Å². The Morgan fingerprint density at radius 3 is 2.80 bits per heavy atom. The Labute approximate surface area is 146 Å². The number of benzene rings is 1. The fourth-order valence-electron chi connectivity index (χ4n) is 2.41. The molecule has 0 spiro atoms. The highest BCUT2D eigenvalue weighted by atomic mass is 16.1. The highest BCUT2D eigenvalue weighted by Gasteiger charge is 2.09. The van der Waals surface area contributed by atoms with E-state index in [9.17, 15) is 4.79 Å². The van der Waals surface area contributed by atoms with E-state index in [2.05, 4.69) is 38.6 Å². The van der Waals surface area contributed by atoms with Gasteiger partial charge in [-0.25, -0.2) is 9.97 Å². The summed E-state index contributed by atoms with van der Waals surface area (Å²) in [6.07, 6.45) is 5.71. The standard InChI is InChI=1S/C19H19N5O/c1-2-15-7-3-4-8-16(15)24-18-10-17(22-13-23-18)19(25)21-12-14-6-5-9-20-11-14/h3-11,13H,2,12H2,1H3,(H,21,25)(H,22,23,24). The van der Waals surface area contributed by atoms with Gasteiger partial charge in [-0.05, 0) is 29.7 Å². The Morgan fingerprint density at radius 1 is 1.12 bits per heavy atom. The smallest absolute Gasteiger partial charge is 0.270 e. The SMILES string of the molecule is CCc1ccccc1Nc1cc(C(=O)NCc2cccnc2)ncn1. The molecule has 0 fully saturated rings. The lowest BCUT2D eigenvalue weighted by Crippen LogP contribution is -2.24. The molecule has 1 aromatic carbocycles. The van der Waals surface area contributed by atoms with Crippen LogP contribution in [0.4, 0.5) is 11.5 Å². The monoisotopic (exact) mass is 333 g/mol. The van der Waals surface area contributed by atoms with Crippen molar-refractivity contribution in [3.63, 3.8) is 0 Å². The molecule has 0 aliphatic heterocycles. The molecule has 3 rings (SSSR count). The second-order valence-electron chi connectivity index (χ2n) is 5.47. The average Bonchev–Trinajstić information content (AvgIpc) is 2.67. The Balaban J connectivity index is 1.69. The number of aryl methyl sites for hydroxylation is 1. The summed E-state index contributed by atoms with van der Waals surface area (Å²) >= 11 is 0. The van der Waals surface area contributed by atoms with Crippen molar-refractivity contribution in [2.45, 2.75) is 19.9 Å². The molecule has 2 aromatic heterocycles. The maximum atomic E-state index is 12.3. The first-order valence-corrected chi connectivity index (χ1v) is 8.10. The van der Waals surface area contributed by atoms with Gasteiger partial charge in [0.2, 0.25) is 0 Å². The largest absolute Gasteiger partial charge is 0.347 e. The molecule has 6 nitrogen and oxygen atoms in total. The molecule has 6 heteroatoms. The first-order valence-electron chi connectivity index (χ1n) is 8.10. The van der Waals surface area contributed by atoms with Gasteiger partial charge in [-0.1, -0.05) is 31.2 Å². The number of anilines is 2. The van der Waals surface area contributed by atoms with E-state index in [1.165, 1.54) is 11.9 Å². The number of carbonyl (C=O) groups is 1. The summed E-state index contributed by atoms with van der Waals surface area (Å²) in [5, 5.41) is 6.08. The van der Waals surface area contributed by atoms with Crippen molar-refractivity contribution in [2.75, 3.05) is 5.32 Å². The van der Waals surface area contributed by atoms with Crippen molar-refractivity contribution >= 4 is 17.4 Å². The van der Waals surface area contributed by atoms with Crippen molar-refractivity contribution in [1.82, 2.24) is 20.3 Å². The lowest BCUT2D eigenvalue weighted by atomic mass is 10.1. The molecule has 0 saturated heterocycles. The minimum absolute atomic E-state index is 0.252. The van der Waals surface area contributed by atoms with Gasteiger partial charge in [0.25, 0.3) is 5.91 Å². The number of aromatic nitrogens is 3. The number of para-hydroxylation sites is 1. The molecule has 0 aliphatic rings. The molecule has 0 bridgehead atoms. The molecule has 2 heterocycles. The van der Waals surface area contributed by atoms with Gasteiger partial charge in [-0.15, -0.1) is 0 Å². The second-order valence-corrected chi connectivity index (χ2v) is 5.47. The van der Waals surface area contributed by atoms with E-state index in [1.54, 1.807) is 18.5 Å². The Hall–Kier alpha value is -3.28. The number of pyridine rings is 1. The number of amides is 1. The molecule has 0 unspecified atom stereocenters. The van der Waals surface area contributed by atoms with Crippen LogP contribution in [-0.2, 0) is 13.0 Å². The average molecular weight is 333 g/mol. The van der Waals surface area contributed by atoms with Gasteiger partial charge in [-0.3, -0.25) is 9.78 Å². The summed E-state index contributed by atoms with van der Waals surface area (Å²) in [7, 11) is 0. The zero-order valence-corrected chi connectivity index (χ0v) is 13.9. The molecule has 0 aliphatic carbocycles. The number of nitrogens with zero attached hydrogens (tertiary/aromatic N) is 3. The number of carbonyl (C=O) groups excluding carboxylic acids is 1. The van der Waals surface area contributed by atoms with Crippen LogP contribution in [-0.4, -0.2) is 20.9 Å². The zero-order valence-electron chi connectivity index (χ0n) is 13.9. The van der Waals surface area contributed by atoms with Gasteiger partial charge >= 0.3 is 0 Å². The summed E-state index contributed by atoms with van der Waals surface area (Å²) < 4.78 is 0. The van der Waals surface area contributed by atoms with E-state index < -0.39 is 0 Å². The molecule has 2 N–H and O–H groups in total. The zero-order chi connectivity index (χ0) is 17.5. The first kappa shape index (κ1) is 16.6. The number of hydrogen-bond acceptors (Lipinski definition) is 5. The van der Waals surface area contributed by atoms with Crippen molar-refractivity contribution in [3.8, 4) is 0 Å². The van der Waals surface area contributed by atoms with Crippen LogP contribution in [0.25, 0.3) is 0 Å². The summed E-state index contributed by atoms with van der Waals surface area (Å²) in [6.45, 7) is 2.50. The van der Waals surface area contributed by atoms with E-state index in [1.807, 2.05) is 30.3 Å². The van der Waals surface area contributed by atoms with Gasteiger partial charge < -0.3 is 10.6 Å². The van der Waals surface area contributed by atoms with Gasteiger partial charge in [0.05, 0.1) is 0 Å². The van der Waals surface area contributed by atoms with Crippen LogP contribution < -0.4 is 10.6 Å². The molecule has 0 saturated carbocycles. The lowest BCUT2D eigenvalue weighted by molar-refractivity contribution is 0.0946. The van der Waals surface area contributed by atoms with Gasteiger partial charge in [0, 0.05) is 30.7 Å². The third-order valence-electron chi connectivity index (χ3n) is 3.74. The Bertz CT molecular complexity index is 851. The van der Waals surface area contributed by atoms with Gasteiger partial charge in [0.1, 0.15) is 17.8 Å². The summed E-state index contributed by atoms with van der Waals surface area (Å²) in [5.41, 5.74) is 3.41. The molecule has 25 heavy (non-hydrogen) atoms. The van der Waals surface area contributed by atoms with Crippen LogP contribution in [0.1, 0.15) is 28.5 Å². The predicted octanol–water partition coefficient (Wildman–Crippen LogP) is 3.11. The van der Waals surface area contributed by atoms with Crippen LogP contribution >= 0.6 is 0 Å². The Kier molecular flexibility index (Phi) is 5.31. The number of rotatable bonds is 6. The molecule has 0 atom stereocenters. The van der Waals surface area contributed by atoms with Crippen LogP contribution in [0, 0.1) is 0 Å². The van der Waals surface area contributed by atoms with E-state index >= 15 is 0 Å². The van der Waals surface area contributed by atoms with Crippen molar-refractivity contribution < 1.29 is 4.79 Å². The normalized spacial score (nSPS) is 10.3. The minimum atomic E-state index is -0.252. The van der Waals surface area contributed by atoms with Gasteiger partial charge in [-0.2, -0.15) is 0 Å². The number of nitrogens with one attached hydrogen (secondary N) is 2. The minimum Gasteiger partial charge on any atom is -0.347 e. The van der Waals surface area contributed by atoms with E-state index in [-0.39, 0.29) is 5.91 Å². The van der Waals surface area contributed by atoms with Crippen LogP contribution in [0.2, 0.25) is 0 Å². The van der Waals surface area contributed by atoms with E-state index in [0.717, 1.165) is 17.7 Å². The van der Waals surface area contributed by atoms with Crippen molar-refractivity contribution in [3.05, 3.63) is 78.0 Å². The third kappa shape index (κ3) is 4.38. The van der Waals surface area contributed by atoms with Crippen molar-refractivity contribution in [2.24, 2.45) is 0 Å². The van der Waals surface area contributed by atoms with Crippen LogP contribution in [0.5, 0.6) is 0 Å². The van der Waals surface area contributed by atoms with Crippen LogP contribution in [0.3, 0.4) is 0 Å². The Morgan fingerprint density at radius 2 is 2.00 bits per heavy atom. The summed E-state index contributed by atoms with van der Waals surface area (Å²) in [4.78, 5) is 24.6. The third-order valence-corrected chi connectivity index (χ3v) is 3.74. The first-order chi connectivity index (χ1) is 12.3. The second kappa shape index (κ2) is 8.01. The van der Waals surface area contributed by atoms with E-state index in [0.29, 0.717) is 18.1 Å². The summed E-state index contributed by atoms with van der Waals surface area (Å²) in [6, 6.07) is 13.4. The quantitative estimate of drug-likeness (QED) is 0.724. The molecule has 1 amide bonds. The number of hydrogen-bond donors (Lipinski definition) is 2.